The smallest absolute Gasteiger partial charge is 0.328 e. The van der Waals surface area contributed by atoms with Crippen LogP contribution in [0.15, 0.2) is 90.0 Å². The van der Waals surface area contributed by atoms with Crippen LogP contribution in [0, 0.1) is 10.8 Å². The number of hydrogen-bond donors (Lipinski definition) is 5. The van der Waals surface area contributed by atoms with Crippen LogP contribution >= 0.6 is 46.4 Å². The third-order valence-electron chi connectivity index (χ3n) is 12.7. The molecule has 70 heavy (non-hydrogen) atoms. The Morgan fingerprint density at radius 1 is 0.614 bits per heavy atom. The normalized spacial score (nSPS) is 15.1. The molecule has 16 nitrogen and oxygen atoms in total. The molecule has 372 valence electrons. The van der Waals surface area contributed by atoms with E-state index in [1.165, 1.54) is 14.2 Å². The molecule has 4 aromatic carbocycles. The molecule has 0 heterocycles. The molecule has 2 saturated carbocycles. The van der Waals surface area contributed by atoms with Gasteiger partial charge in [0, 0.05) is 41.1 Å². The number of benzene rings is 4. The number of esters is 2. The molecular formula is C50H56Cl4N8O8. The van der Waals surface area contributed by atoms with Gasteiger partial charge in [0.15, 0.2) is 0 Å². The van der Waals surface area contributed by atoms with Crippen LogP contribution in [-0.4, -0.2) is 75.0 Å². The maximum Gasteiger partial charge on any atom is 0.328 e. The fourth-order valence-corrected chi connectivity index (χ4v) is 10.0. The van der Waals surface area contributed by atoms with E-state index >= 15 is 0 Å². The summed E-state index contributed by atoms with van der Waals surface area (Å²) in [6.07, 6.45) is 8.13. The number of rotatable bonds is 19. The van der Waals surface area contributed by atoms with Gasteiger partial charge in [-0.15, -0.1) is 0 Å². The minimum atomic E-state index is -0.887. The first-order chi connectivity index (χ1) is 33.6. The maximum absolute atomic E-state index is 13.2. The first kappa shape index (κ1) is 55.1. The predicted octanol–water partition coefficient (Wildman–Crippen LogP) is 10.1. The zero-order valence-corrected chi connectivity index (χ0v) is 41.9. The van der Waals surface area contributed by atoms with E-state index in [-0.39, 0.29) is 62.4 Å². The summed E-state index contributed by atoms with van der Waals surface area (Å²) in [5.41, 5.74) is 16.2. The molecule has 0 unspecified atom stereocenters. The van der Waals surface area contributed by atoms with Gasteiger partial charge in [0.25, 0.3) is 11.8 Å². The number of carbonyl (C=O) groups is 6. The van der Waals surface area contributed by atoms with Crippen molar-refractivity contribution < 1.29 is 38.2 Å². The van der Waals surface area contributed by atoms with Gasteiger partial charge in [-0.2, -0.15) is 0 Å². The van der Waals surface area contributed by atoms with Crippen molar-refractivity contribution in [2.45, 2.75) is 89.1 Å². The fraction of sp³-hybridized carbons (Fsp3) is 0.400. The van der Waals surface area contributed by atoms with Crippen molar-refractivity contribution >= 4 is 93.3 Å². The number of halogens is 4. The van der Waals surface area contributed by atoms with Crippen molar-refractivity contribution in [1.29, 1.82) is 0 Å². The Morgan fingerprint density at radius 3 is 1.30 bits per heavy atom. The minimum Gasteiger partial charge on any atom is -0.467 e. The van der Waals surface area contributed by atoms with Crippen LogP contribution in [0.25, 0.3) is 10.4 Å². The van der Waals surface area contributed by atoms with Gasteiger partial charge in [0.1, 0.15) is 12.1 Å². The van der Waals surface area contributed by atoms with Crippen molar-refractivity contribution in [3.63, 3.8) is 0 Å². The number of nitrogens with one attached hydrogen (secondary N) is 4. The monoisotopic (exact) mass is 1040 g/mol. The summed E-state index contributed by atoms with van der Waals surface area (Å²) in [4.78, 5) is 79.2. The molecule has 0 saturated heterocycles. The molecule has 4 aromatic rings. The van der Waals surface area contributed by atoms with Gasteiger partial charge in [-0.1, -0.05) is 114 Å². The highest BCUT2D eigenvalue weighted by Gasteiger charge is 2.43. The summed E-state index contributed by atoms with van der Waals surface area (Å²) in [5.74, 6) is -2.32. The summed E-state index contributed by atoms with van der Waals surface area (Å²) in [5, 5.41) is 15.9. The Balaban J connectivity index is 0.000000261. The molecule has 4 amide bonds. The van der Waals surface area contributed by atoms with Crippen molar-refractivity contribution in [2.75, 3.05) is 37.9 Å². The van der Waals surface area contributed by atoms with E-state index in [2.05, 4.69) is 31.3 Å². The van der Waals surface area contributed by atoms with Crippen LogP contribution in [0.4, 0.5) is 11.4 Å². The van der Waals surface area contributed by atoms with Gasteiger partial charge in [0.2, 0.25) is 11.8 Å². The van der Waals surface area contributed by atoms with E-state index in [4.69, 9.17) is 67.1 Å². The SMILES string of the molecule is COC(=O)[C@H](Cc1ccc(NC(=O)c2c(Cl)cccc2Cl)cc1)NC(=O)C1(CCN)CCCC1.COC(=O)[C@H](Cc1ccc(NC(=O)c2c(Cl)cccc2Cl)cc1)NC(=O)C1(CCN=[N+]=[N-])CCCC1. The van der Waals surface area contributed by atoms with E-state index in [1.54, 1.807) is 84.9 Å². The number of anilines is 2. The van der Waals surface area contributed by atoms with E-state index in [9.17, 15) is 28.8 Å². The zero-order valence-electron chi connectivity index (χ0n) is 38.8. The molecular weight excluding hydrogens is 982 g/mol. The molecule has 2 aliphatic rings. The Labute approximate surface area is 426 Å². The Hall–Kier alpha value is -5.87. The van der Waals surface area contributed by atoms with Crippen molar-refractivity contribution in [2.24, 2.45) is 21.7 Å². The second kappa shape index (κ2) is 26.4. The largest absolute Gasteiger partial charge is 0.467 e. The number of azide groups is 1. The molecule has 6 rings (SSSR count). The van der Waals surface area contributed by atoms with Gasteiger partial charge in [-0.25, -0.2) is 9.59 Å². The molecule has 2 aliphatic carbocycles. The lowest BCUT2D eigenvalue weighted by Gasteiger charge is -2.29. The number of hydrogen-bond acceptors (Lipinski definition) is 10. The van der Waals surface area contributed by atoms with Gasteiger partial charge < -0.3 is 36.5 Å². The second-order valence-corrected chi connectivity index (χ2v) is 18.8. The standard InChI is InChI=1S/C25H27Cl2N5O4.C25H29Cl2N3O4/c1-36-23(34)20(31-24(35)25(11-2-3-12-25)13-14-29-32-28)15-16-7-9-17(10-8-16)30-22(33)21-18(26)5-4-6-19(21)27;1-34-23(32)20(30-24(33)25(13-14-28)11-2-3-12-25)15-16-7-9-17(10-8-16)29-22(31)21-18(26)5-4-6-19(21)27/h4-10,20H,2-3,11-15H2,1H3,(H,30,33)(H,31,35);4-10,20H,2-3,11-15,28H2,1H3,(H,29,31)(H,30,33)/t2*20-/m00/s1. The highest BCUT2D eigenvalue weighted by molar-refractivity contribution is 6.41. The highest BCUT2D eigenvalue weighted by atomic mass is 35.5. The molecule has 6 N–H and O–H groups in total. The summed E-state index contributed by atoms with van der Waals surface area (Å²) in [6, 6.07) is 21.8. The number of amides is 4. The lowest BCUT2D eigenvalue weighted by atomic mass is 9.81. The topological polar surface area (TPSA) is 244 Å². The number of carbonyl (C=O) groups excluding carboxylic acids is 6. The zero-order chi connectivity index (χ0) is 50.8. The quantitative estimate of drug-likeness (QED) is 0.0259. The summed E-state index contributed by atoms with van der Waals surface area (Å²) in [7, 11) is 2.57. The van der Waals surface area contributed by atoms with E-state index in [1.807, 2.05) is 0 Å². The van der Waals surface area contributed by atoms with Gasteiger partial charge >= 0.3 is 11.9 Å². The van der Waals surface area contributed by atoms with E-state index in [0.717, 1.165) is 49.7 Å². The van der Waals surface area contributed by atoms with Crippen LogP contribution in [0.2, 0.25) is 20.1 Å². The third kappa shape index (κ3) is 14.6. The van der Waals surface area contributed by atoms with Crippen LogP contribution in [-0.2, 0) is 41.5 Å². The van der Waals surface area contributed by atoms with E-state index < -0.39 is 46.7 Å². The van der Waals surface area contributed by atoms with Crippen LogP contribution < -0.4 is 27.0 Å². The molecule has 0 bridgehead atoms. The Bertz CT molecular complexity index is 2510. The number of ether oxygens (including phenoxy) is 2. The van der Waals surface area contributed by atoms with Crippen LogP contribution in [0.3, 0.4) is 0 Å². The molecule has 0 aliphatic heterocycles. The molecule has 2 atom stereocenters. The van der Waals surface area contributed by atoms with Gasteiger partial charge in [-0.3, -0.25) is 19.2 Å². The summed E-state index contributed by atoms with van der Waals surface area (Å²) in [6.45, 7) is 0.641. The Kier molecular flexibility index (Phi) is 20.7. The molecule has 0 radical (unpaired) electrons. The van der Waals surface area contributed by atoms with E-state index in [0.29, 0.717) is 43.6 Å². The lowest BCUT2D eigenvalue weighted by molar-refractivity contribution is -0.147. The summed E-state index contributed by atoms with van der Waals surface area (Å²) >= 11 is 24.4. The highest BCUT2D eigenvalue weighted by Crippen LogP contribution is 2.42. The second-order valence-electron chi connectivity index (χ2n) is 17.2. The number of nitrogens with zero attached hydrogens (tertiary/aromatic N) is 3. The Morgan fingerprint density at radius 2 is 0.971 bits per heavy atom. The van der Waals surface area contributed by atoms with Gasteiger partial charge in [0.05, 0.1) is 50.9 Å². The molecule has 0 spiro atoms. The first-order valence-electron chi connectivity index (χ1n) is 22.8. The third-order valence-corrected chi connectivity index (χ3v) is 14.0. The van der Waals surface area contributed by atoms with Crippen molar-refractivity contribution in [3.8, 4) is 0 Å². The van der Waals surface area contributed by atoms with Crippen LogP contribution in [0.5, 0.6) is 0 Å². The number of nitrogens with two attached hydrogens (primary N) is 1. The minimum absolute atomic E-state index is 0.147. The average molecular weight is 1040 g/mol. The van der Waals surface area contributed by atoms with Crippen molar-refractivity contribution in [1.82, 2.24) is 10.6 Å². The number of methoxy groups -OCH3 is 2. The first-order valence-corrected chi connectivity index (χ1v) is 24.3. The van der Waals surface area contributed by atoms with Crippen LogP contribution in [0.1, 0.15) is 96.1 Å². The molecule has 0 aromatic heterocycles. The predicted molar refractivity (Wildman–Crippen MR) is 271 cm³/mol. The lowest BCUT2D eigenvalue weighted by Crippen LogP contribution is -2.49. The maximum atomic E-state index is 13.2. The summed E-state index contributed by atoms with van der Waals surface area (Å²) < 4.78 is 9.85. The average Bonchev–Trinajstić information content (AvgIpc) is 4.04. The fourth-order valence-electron chi connectivity index (χ4n) is 8.90. The molecule has 20 heteroatoms. The molecule has 2 fully saturated rings. The van der Waals surface area contributed by atoms with Gasteiger partial charge in [-0.05, 0) is 110 Å². The van der Waals surface area contributed by atoms with Crippen molar-refractivity contribution in [3.05, 3.63) is 138 Å².